The lowest BCUT2D eigenvalue weighted by molar-refractivity contribution is -0.160. The number of amides is 1. The second kappa shape index (κ2) is 5.99. The molecule has 1 amide bonds. The molecule has 0 aromatic heterocycles. The van der Waals surface area contributed by atoms with E-state index in [1.54, 1.807) is 51.4 Å². The van der Waals surface area contributed by atoms with Gasteiger partial charge in [-0.05, 0) is 25.1 Å². The normalized spacial score (nSPS) is 26.9. The molecule has 6 nitrogen and oxygen atoms in total. The van der Waals surface area contributed by atoms with Gasteiger partial charge in [0.25, 0.3) is 0 Å². The van der Waals surface area contributed by atoms with Crippen molar-refractivity contribution < 1.29 is 22.7 Å². The van der Waals surface area contributed by atoms with Gasteiger partial charge < -0.3 is 14.4 Å². The van der Waals surface area contributed by atoms with Gasteiger partial charge in [0.1, 0.15) is 0 Å². The third kappa shape index (κ3) is 2.52. The van der Waals surface area contributed by atoms with Gasteiger partial charge in [0.05, 0.1) is 12.0 Å². The van der Waals surface area contributed by atoms with Crippen LogP contribution in [0.3, 0.4) is 0 Å². The molecule has 0 saturated carbocycles. The number of nitrogens with zero attached hydrogens (tertiary/aromatic N) is 1. The van der Waals surface area contributed by atoms with Crippen molar-refractivity contribution in [2.75, 3.05) is 14.2 Å². The number of carbonyl (C=O) groups excluding carboxylic acids is 1. The standard InChI is InChI=1S/C20H21NO5S/c1-20-12-15(14-10-7-11-16(25-3)17(14)26-20)18(19(22)21(20)2)27(23,24)13-8-5-4-6-9-13/h4-11,15,18H,12H2,1-3H3/t15-,18-,20+/m0/s1. The van der Waals surface area contributed by atoms with Crippen LogP contribution in [0.25, 0.3) is 0 Å². The molecule has 2 aromatic carbocycles. The first-order valence-corrected chi connectivity index (χ1v) is 10.3. The van der Waals surface area contributed by atoms with E-state index in [1.165, 1.54) is 17.0 Å². The van der Waals surface area contributed by atoms with Crippen LogP contribution in [0.5, 0.6) is 11.5 Å². The van der Waals surface area contributed by atoms with Crippen LogP contribution in [0.4, 0.5) is 0 Å². The monoisotopic (exact) mass is 387 g/mol. The van der Waals surface area contributed by atoms with Crippen molar-refractivity contribution in [3.8, 4) is 11.5 Å². The molecule has 1 fully saturated rings. The number of piperidine rings is 1. The van der Waals surface area contributed by atoms with Crippen LogP contribution >= 0.6 is 0 Å². The Hall–Kier alpha value is -2.54. The zero-order valence-electron chi connectivity index (χ0n) is 15.4. The minimum absolute atomic E-state index is 0.149. The molecular formula is C20H21NO5S. The molecule has 3 atom stereocenters. The minimum Gasteiger partial charge on any atom is -0.493 e. The first-order valence-electron chi connectivity index (χ1n) is 8.72. The van der Waals surface area contributed by atoms with Crippen LogP contribution in [0.2, 0.25) is 0 Å². The molecule has 1 saturated heterocycles. The molecule has 27 heavy (non-hydrogen) atoms. The number of rotatable bonds is 3. The highest BCUT2D eigenvalue weighted by atomic mass is 32.2. The molecule has 0 N–H and O–H groups in total. The van der Waals surface area contributed by atoms with Gasteiger partial charge in [0.15, 0.2) is 32.3 Å². The van der Waals surface area contributed by atoms with Crippen LogP contribution in [-0.2, 0) is 14.6 Å². The molecule has 0 aliphatic carbocycles. The highest BCUT2D eigenvalue weighted by molar-refractivity contribution is 7.92. The minimum atomic E-state index is -3.87. The Bertz CT molecular complexity index is 1000. The summed E-state index contributed by atoms with van der Waals surface area (Å²) in [6.45, 7) is 1.80. The topological polar surface area (TPSA) is 72.9 Å². The number of sulfone groups is 1. The van der Waals surface area contributed by atoms with Crippen molar-refractivity contribution in [1.82, 2.24) is 4.90 Å². The fourth-order valence-corrected chi connectivity index (χ4v) is 5.98. The summed E-state index contributed by atoms with van der Waals surface area (Å²) in [5.41, 5.74) is -0.232. The van der Waals surface area contributed by atoms with Crippen molar-refractivity contribution in [2.45, 2.75) is 35.1 Å². The molecular weight excluding hydrogens is 366 g/mol. The molecule has 2 heterocycles. The number of ether oxygens (including phenoxy) is 2. The van der Waals surface area contributed by atoms with Gasteiger partial charge in [0.2, 0.25) is 5.91 Å². The maximum Gasteiger partial charge on any atom is 0.244 e. The Morgan fingerprint density at radius 1 is 1.15 bits per heavy atom. The quantitative estimate of drug-likeness (QED) is 0.809. The van der Waals surface area contributed by atoms with Crippen molar-refractivity contribution in [2.24, 2.45) is 0 Å². The fraction of sp³-hybridized carbons (Fsp3) is 0.350. The van der Waals surface area contributed by atoms with E-state index in [-0.39, 0.29) is 4.90 Å². The van der Waals surface area contributed by atoms with Gasteiger partial charge in [-0.1, -0.05) is 30.3 Å². The first-order chi connectivity index (χ1) is 12.8. The van der Waals surface area contributed by atoms with E-state index < -0.39 is 32.6 Å². The van der Waals surface area contributed by atoms with E-state index >= 15 is 0 Å². The maximum absolute atomic E-state index is 13.4. The molecule has 4 rings (SSSR count). The summed E-state index contributed by atoms with van der Waals surface area (Å²) in [5.74, 6) is 0.0715. The smallest absolute Gasteiger partial charge is 0.244 e. The number of methoxy groups -OCH3 is 1. The summed E-state index contributed by atoms with van der Waals surface area (Å²) in [6.07, 6.45) is 0.395. The SMILES string of the molecule is COc1cccc2c1O[C@]1(C)C[C@@H]2[C@H](S(=O)(=O)c2ccccc2)C(=O)N1C. The maximum atomic E-state index is 13.4. The van der Waals surface area contributed by atoms with Crippen LogP contribution < -0.4 is 9.47 Å². The first kappa shape index (κ1) is 17.9. The molecule has 142 valence electrons. The molecule has 2 aliphatic rings. The third-order valence-corrected chi connectivity index (χ3v) is 7.73. The summed E-state index contributed by atoms with van der Waals surface area (Å²) in [6, 6.07) is 13.5. The summed E-state index contributed by atoms with van der Waals surface area (Å²) < 4.78 is 38.3. The van der Waals surface area contributed by atoms with Crippen LogP contribution in [-0.4, -0.2) is 44.4 Å². The van der Waals surface area contributed by atoms with Crippen molar-refractivity contribution >= 4 is 15.7 Å². The van der Waals surface area contributed by atoms with Gasteiger partial charge in [-0.15, -0.1) is 0 Å². The molecule has 0 spiro atoms. The van der Waals surface area contributed by atoms with Gasteiger partial charge in [0, 0.05) is 24.9 Å². The van der Waals surface area contributed by atoms with Crippen LogP contribution in [0.1, 0.15) is 24.8 Å². The number of para-hydroxylation sites is 1. The third-order valence-electron chi connectivity index (χ3n) is 5.60. The van der Waals surface area contributed by atoms with E-state index in [1.807, 2.05) is 6.07 Å². The highest BCUT2D eigenvalue weighted by Gasteiger charge is 2.57. The Balaban J connectivity index is 1.93. The molecule has 7 heteroatoms. The summed E-state index contributed by atoms with van der Waals surface area (Å²) in [5, 5.41) is -1.20. The molecule has 2 bridgehead atoms. The van der Waals surface area contributed by atoms with Crippen LogP contribution in [0.15, 0.2) is 53.4 Å². The highest BCUT2D eigenvalue weighted by Crippen LogP contribution is 2.52. The lowest BCUT2D eigenvalue weighted by Gasteiger charge is -2.51. The largest absolute Gasteiger partial charge is 0.493 e. The number of benzene rings is 2. The van der Waals surface area contributed by atoms with Gasteiger partial charge in [-0.2, -0.15) is 0 Å². The van der Waals surface area contributed by atoms with E-state index in [2.05, 4.69) is 0 Å². The summed E-state index contributed by atoms with van der Waals surface area (Å²) in [4.78, 5) is 14.7. The van der Waals surface area contributed by atoms with Gasteiger partial charge in [-0.3, -0.25) is 4.79 Å². The van der Waals surface area contributed by atoms with Crippen LogP contribution in [0, 0.1) is 0 Å². The predicted octanol–water partition coefficient (Wildman–Crippen LogP) is 2.59. The summed E-state index contributed by atoms with van der Waals surface area (Å²) in [7, 11) is -0.741. The Morgan fingerprint density at radius 3 is 2.52 bits per heavy atom. The van der Waals surface area contributed by atoms with E-state index in [9.17, 15) is 13.2 Å². The average Bonchev–Trinajstić information content (AvgIpc) is 2.66. The Morgan fingerprint density at radius 2 is 1.85 bits per heavy atom. The number of likely N-dealkylation sites (tertiary alicyclic amines) is 1. The van der Waals surface area contributed by atoms with Crippen molar-refractivity contribution in [1.29, 1.82) is 0 Å². The second-order valence-electron chi connectivity index (χ2n) is 7.14. The van der Waals surface area contributed by atoms with Gasteiger partial charge in [-0.25, -0.2) is 8.42 Å². The molecule has 2 aliphatic heterocycles. The molecule has 0 unspecified atom stereocenters. The number of fused-ring (bicyclic) bond motifs is 4. The number of hydrogen-bond acceptors (Lipinski definition) is 5. The molecule has 0 radical (unpaired) electrons. The number of hydrogen-bond donors (Lipinski definition) is 0. The Kier molecular flexibility index (Phi) is 3.96. The summed E-state index contributed by atoms with van der Waals surface area (Å²) >= 11 is 0. The lowest BCUT2D eigenvalue weighted by Crippen LogP contribution is -2.64. The average molecular weight is 387 g/mol. The zero-order valence-corrected chi connectivity index (χ0v) is 16.2. The van der Waals surface area contributed by atoms with Crippen molar-refractivity contribution in [3.05, 3.63) is 54.1 Å². The van der Waals surface area contributed by atoms with Gasteiger partial charge >= 0.3 is 0 Å². The number of carbonyl (C=O) groups is 1. The second-order valence-corrected chi connectivity index (χ2v) is 9.21. The Labute approximate surface area is 158 Å². The van der Waals surface area contributed by atoms with E-state index in [0.717, 1.165) is 0 Å². The fourth-order valence-electron chi connectivity index (χ4n) is 4.05. The predicted molar refractivity (Wildman–Crippen MR) is 99.6 cm³/mol. The zero-order chi connectivity index (χ0) is 19.4. The molecule has 2 aromatic rings. The van der Waals surface area contributed by atoms with E-state index in [4.69, 9.17) is 9.47 Å². The van der Waals surface area contributed by atoms with E-state index in [0.29, 0.717) is 23.5 Å². The van der Waals surface area contributed by atoms with Crippen molar-refractivity contribution in [3.63, 3.8) is 0 Å². The lowest BCUT2D eigenvalue weighted by atomic mass is 9.80.